The number of hydrogen-bond acceptors (Lipinski definition) is 2. The normalized spacial score (nSPS) is 47.0. The molecule has 4 fully saturated rings. The average Bonchev–Trinajstić information content (AvgIpc) is 3.14. The number of rotatable bonds is 3. The highest BCUT2D eigenvalue weighted by atomic mass is 16.2. The first-order valence-corrected chi connectivity index (χ1v) is 8.70. The third-order valence-electron chi connectivity index (χ3n) is 6.60. The van der Waals surface area contributed by atoms with Crippen LogP contribution in [0.1, 0.15) is 44.9 Å². The maximum atomic E-state index is 12.7. The first-order valence-electron chi connectivity index (χ1n) is 8.70. The zero-order valence-corrected chi connectivity index (χ0v) is 12.7. The molecule has 1 aliphatic heterocycles. The van der Waals surface area contributed by atoms with Crippen molar-refractivity contribution in [1.82, 2.24) is 10.2 Å². The lowest BCUT2D eigenvalue weighted by Gasteiger charge is -2.30. The van der Waals surface area contributed by atoms with E-state index in [0.717, 1.165) is 49.1 Å². The molecule has 6 atom stereocenters. The standard InChI is InChI=1S/C17H28N2O/c1-18-16-8-13-7-15(13)10-19(17(16)20)9-14-6-11-3-2-4-12(14)5-11/h11-16,18H,2-10H2,1H3. The lowest BCUT2D eigenvalue weighted by molar-refractivity contribution is -0.134. The van der Waals surface area contributed by atoms with Gasteiger partial charge in [-0.05, 0) is 62.3 Å². The second kappa shape index (κ2) is 5.01. The van der Waals surface area contributed by atoms with E-state index in [0.29, 0.717) is 5.91 Å². The van der Waals surface area contributed by atoms with Crippen molar-refractivity contribution in [2.24, 2.45) is 29.6 Å². The first kappa shape index (κ1) is 13.1. The molecule has 3 nitrogen and oxygen atoms in total. The lowest BCUT2D eigenvalue weighted by Crippen LogP contribution is -2.46. The smallest absolute Gasteiger partial charge is 0.239 e. The first-order chi connectivity index (χ1) is 9.74. The van der Waals surface area contributed by atoms with Gasteiger partial charge in [0.1, 0.15) is 0 Å². The minimum Gasteiger partial charge on any atom is -0.341 e. The van der Waals surface area contributed by atoms with Crippen molar-refractivity contribution in [2.75, 3.05) is 20.1 Å². The minimum absolute atomic E-state index is 0.0910. The van der Waals surface area contributed by atoms with Crippen LogP contribution in [0.5, 0.6) is 0 Å². The van der Waals surface area contributed by atoms with E-state index in [2.05, 4.69) is 10.2 Å². The summed E-state index contributed by atoms with van der Waals surface area (Å²) in [4.78, 5) is 14.9. The molecule has 6 unspecified atom stereocenters. The molecule has 1 N–H and O–H groups in total. The third-order valence-corrected chi connectivity index (χ3v) is 6.60. The Morgan fingerprint density at radius 2 is 2.00 bits per heavy atom. The predicted octanol–water partition coefficient (Wildman–Crippen LogP) is 2.27. The molecule has 0 spiro atoms. The van der Waals surface area contributed by atoms with Crippen LogP contribution in [0.3, 0.4) is 0 Å². The number of carbonyl (C=O) groups is 1. The van der Waals surface area contributed by atoms with E-state index in [4.69, 9.17) is 0 Å². The number of likely N-dealkylation sites (tertiary alicyclic amines) is 1. The van der Waals surface area contributed by atoms with Crippen LogP contribution in [0.25, 0.3) is 0 Å². The van der Waals surface area contributed by atoms with Gasteiger partial charge in [-0.25, -0.2) is 0 Å². The molecular weight excluding hydrogens is 248 g/mol. The highest BCUT2D eigenvalue weighted by molar-refractivity contribution is 5.82. The fraction of sp³-hybridized carbons (Fsp3) is 0.941. The summed E-state index contributed by atoms with van der Waals surface area (Å²) >= 11 is 0. The molecule has 1 heterocycles. The molecule has 0 radical (unpaired) electrons. The molecule has 4 aliphatic rings. The molecule has 1 amide bonds. The number of fused-ring (bicyclic) bond motifs is 3. The molecule has 3 aliphatic carbocycles. The Balaban J connectivity index is 1.45. The van der Waals surface area contributed by atoms with Crippen LogP contribution in [0.15, 0.2) is 0 Å². The SMILES string of the molecule is CNC1CC2CC2CN(CC2CC3CCCC2C3)C1=O. The summed E-state index contributed by atoms with van der Waals surface area (Å²) < 4.78 is 0. The fourth-order valence-corrected chi connectivity index (χ4v) is 5.33. The quantitative estimate of drug-likeness (QED) is 0.857. The number of likely N-dealkylation sites (N-methyl/N-ethyl adjacent to an activating group) is 1. The Bertz CT molecular complexity index is 396. The summed E-state index contributed by atoms with van der Waals surface area (Å²) in [6.07, 6.45) is 9.59. The van der Waals surface area contributed by atoms with Gasteiger partial charge in [0.15, 0.2) is 0 Å². The molecule has 2 bridgehead atoms. The Hall–Kier alpha value is -0.570. The molecule has 3 heteroatoms. The van der Waals surface area contributed by atoms with E-state index in [9.17, 15) is 4.79 Å². The third kappa shape index (κ3) is 2.28. The number of amides is 1. The van der Waals surface area contributed by atoms with Crippen LogP contribution in [0.4, 0.5) is 0 Å². The maximum Gasteiger partial charge on any atom is 0.239 e. The molecule has 3 saturated carbocycles. The number of nitrogens with zero attached hydrogens (tertiary/aromatic N) is 1. The molecular formula is C17H28N2O. The molecule has 20 heavy (non-hydrogen) atoms. The summed E-state index contributed by atoms with van der Waals surface area (Å²) in [6.45, 7) is 2.11. The van der Waals surface area contributed by atoms with Crippen LogP contribution in [0, 0.1) is 29.6 Å². The van der Waals surface area contributed by atoms with E-state index in [-0.39, 0.29) is 6.04 Å². The van der Waals surface area contributed by atoms with Gasteiger partial charge in [-0.1, -0.05) is 19.3 Å². The van der Waals surface area contributed by atoms with Crippen LogP contribution in [0.2, 0.25) is 0 Å². The van der Waals surface area contributed by atoms with Crippen LogP contribution < -0.4 is 5.32 Å². The Morgan fingerprint density at radius 1 is 1.10 bits per heavy atom. The van der Waals surface area contributed by atoms with Gasteiger partial charge in [-0.15, -0.1) is 0 Å². The van der Waals surface area contributed by atoms with Crippen molar-refractivity contribution in [3.05, 3.63) is 0 Å². The van der Waals surface area contributed by atoms with E-state index >= 15 is 0 Å². The molecule has 0 aromatic heterocycles. The van der Waals surface area contributed by atoms with Gasteiger partial charge in [-0.3, -0.25) is 4.79 Å². The molecule has 112 valence electrons. The van der Waals surface area contributed by atoms with E-state index in [1.54, 1.807) is 0 Å². The van der Waals surface area contributed by atoms with Crippen LogP contribution in [-0.2, 0) is 4.79 Å². The van der Waals surface area contributed by atoms with Gasteiger partial charge < -0.3 is 10.2 Å². The van der Waals surface area contributed by atoms with Crippen LogP contribution in [-0.4, -0.2) is 37.0 Å². The molecule has 1 saturated heterocycles. The predicted molar refractivity (Wildman–Crippen MR) is 79.2 cm³/mol. The van der Waals surface area contributed by atoms with Crippen molar-refractivity contribution in [3.63, 3.8) is 0 Å². The Labute approximate surface area is 122 Å². The fourth-order valence-electron chi connectivity index (χ4n) is 5.33. The maximum absolute atomic E-state index is 12.7. The largest absolute Gasteiger partial charge is 0.341 e. The lowest BCUT2D eigenvalue weighted by atomic mass is 9.87. The topological polar surface area (TPSA) is 32.3 Å². The molecule has 0 aromatic rings. The second-order valence-electron chi connectivity index (χ2n) is 7.86. The second-order valence-corrected chi connectivity index (χ2v) is 7.86. The van der Waals surface area contributed by atoms with Crippen molar-refractivity contribution < 1.29 is 4.79 Å². The Morgan fingerprint density at radius 3 is 2.80 bits per heavy atom. The highest BCUT2D eigenvalue weighted by Gasteiger charge is 2.46. The number of nitrogens with one attached hydrogen (secondary N) is 1. The summed E-state index contributed by atoms with van der Waals surface area (Å²) in [5.74, 6) is 4.74. The van der Waals surface area contributed by atoms with Gasteiger partial charge in [0, 0.05) is 13.1 Å². The van der Waals surface area contributed by atoms with Gasteiger partial charge in [-0.2, -0.15) is 0 Å². The zero-order chi connectivity index (χ0) is 13.7. The van der Waals surface area contributed by atoms with Crippen molar-refractivity contribution in [2.45, 2.75) is 51.0 Å². The van der Waals surface area contributed by atoms with Gasteiger partial charge in [0.05, 0.1) is 6.04 Å². The van der Waals surface area contributed by atoms with Crippen molar-refractivity contribution in [3.8, 4) is 0 Å². The van der Waals surface area contributed by atoms with Gasteiger partial charge >= 0.3 is 0 Å². The van der Waals surface area contributed by atoms with E-state index < -0.39 is 0 Å². The molecule has 0 aromatic carbocycles. The molecule has 4 rings (SSSR count). The van der Waals surface area contributed by atoms with Crippen molar-refractivity contribution >= 4 is 5.91 Å². The zero-order valence-electron chi connectivity index (χ0n) is 12.7. The highest BCUT2D eigenvalue weighted by Crippen LogP contribution is 2.48. The summed E-state index contributed by atoms with van der Waals surface area (Å²) in [6, 6.07) is 0.0910. The number of carbonyl (C=O) groups excluding carboxylic acids is 1. The Kier molecular flexibility index (Phi) is 3.29. The van der Waals surface area contributed by atoms with Gasteiger partial charge in [0.2, 0.25) is 5.91 Å². The summed E-state index contributed by atoms with van der Waals surface area (Å²) in [5.41, 5.74) is 0. The van der Waals surface area contributed by atoms with Gasteiger partial charge in [0.25, 0.3) is 0 Å². The summed E-state index contributed by atoms with van der Waals surface area (Å²) in [5, 5.41) is 3.26. The minimum atomic E-state index is 0.0910. The van der Waals surface area contributed by atoms with E-state index in [1.807, 2.05) is 7.05 Å². The average molecular weight is 276 g/mol. The number of hydrogen-bond donors (Lipinski definition) is 1. The monoisotopic (exact) mass is 276 g/mol. The van der Waals surface area contributed by atoms with Crippen molar-refractivity contribution in [1.29, 1.82) is 0 Å². The van der Waals surface area contributed by atoms with Crippen LogP contribution >= 0.6 is 0 Å². The summed E-state index contributed by atoms with van der Waals surface area (Å²) in [7, 11) is 1.95. The van der Waals surface area contributed by atoms with E-state index in [1.165, 1.54) is 38.5 Å².